The van der Waals surface area contributed by atoms with E-state index in [9.17, 15) is 0 Å². The lowest BCUT2D eigenvalue weighted by molar-refractivity contribution is 0.278. The second-order valence-electron chi connectivity index (χ2n) is 5.37. The molecule has 1 unspecified atom stereocenters. The van der Waals surface area contributed by atoms with Crippen LogP contribution in [0.1, 0.15) is 40.5 Å². The molecule has 66 valence electrons. The summed E-state index contributed by atoms with van der Waals surface area (Å²) in [6.07, 6.45) is 2.65. The van der Waals surface area contributed by atoms with E-state index in [2.05, 4.69) is 40.1 Å². The molecule has 0 heterocycles. The Hall–Kier alpha value is -0.0400. The Morgan fingerprint density at radius 1 is 1.18 bits per heavy atom. The van der Waals surface area contributed by atoms with Crippen LogP contribution in [0.5, 0.6) is 0 Å². The predicted octanol–water partition coefficient (Wildman–Crippen LogP) is 2.42. The summed E-state index contributed by atoms with van der Waals surface area (Å²) in [5, 5.41) is 3.41. The third-order valence-corrected chi connectivity index (χ3v) is 2.98. The molecule has 0 radical (unpaired) electrons. The Labute approximate surface area is 70.6 Å². The molecule has 0 bridgehead atoms. The van der Waals surface area contributed by atoms with Crippen LogP contribution in [0.4, 0.5) is 0 Å². The summed E-state index contributed by atoms with van der Waals surface area (Å²) in [6, 6.07) is 0.706. The van der Waals surface area contributed by atoms with E-state index in [0.717, 1.165) is 0 Å². The van der Waals surface area contributed by atoms with E-state index in [1.54, 1.807) is 0 Å². The highest BCUT2D eigenvalue weighted by atomic mass is 14.9. The molecule has 1 fully saturated rings. The van der Waals surface area contributed by atoms with E-state index >= 15 is 0 Å². The van der Waals surface area contributed by atoms with Crippen molar-refractivity contribution in [1.29, 1.82) is 0 Å². The second-order valence-corrected chi connectivity index (χ2v) is 5.37. The van der Waals surface area contributed by atoms with Gasteiger partial charge in [0.1, 0.15) is 0 Å². The average molecular weight is 155 g/mol. The fourth-order valence-corrected chi connectivity index (χ4v) is 2.75. The van der Waals surface area contributed by atoms with Crippen molar-refractivity contribution in [2.24, 2.45) is 10.8 Å². The highest BCUT2D eigenvalue weighted by Gasteiger charge is 2.43. The van der Waals surface area contributed by atoms with Gasteiger partial charge >= 0.3 is 0 Å². The van der Waals surface area contributed by atoms with Gasteiger partial charge in [0.2, 0.25) is 0 Å². The van der Waals surface area contributed by atoms with Crippen LogP contribution in [-0.4, -0.2) is 13.1 Å². The van der Waals surface area contributed by atoms with Gasteiger partial charge in [-0.15, -0.1) is 0 Å². The Balaban J connectivity index is 2.71. The van der Waals surface area contributed by atoms with Gasteiger partial charge in [-0.2, -0.15) is 0 Å². The van der Waals surface area contributed by atoms with Crippen molar-refractivity contribution < 1.29 is 0 Å². The zero-order valence-corrected chi connectivity index (χ0v) is 8.49. The van der Waals surface area contributed by atoms with Gasteiger partial charge in [-0.05, 0) is 30.7 Å². The maximum absolute atomic E-state index is 3.41. The quantitative estimate of drug-likeness (QED) is 0.613. The van der Waals surface area contributed by atoms with Crippen molar-refractivity contribution in [2.45, 2.75) is 46.6 Å². The van der Waals surface area contributed by atoms with Crippen LogP contribution >= 0.6 is 0 Å². The minimum absolute atomic E-state index is 0.484. The first-order valence-electron chi connectivity index (χ1n) is 4.55. The van der Waals surface area contributed by atoms with E-state index in [1.807, 2.05) is 0 Å². The molecule has 0 aliphatic heterocycles. The summed E-state index contributed by atoms with van der Waals surface area (Å²) in [5.74, 6) is 0. The van der Waals surface area contributed by atoms with E-state index in [-0.39, 0.29) is 0 Å². The van der Waals surface area contributed by atoms with Crippen LogP contribution in [0.15, 0.2) is 0 Å². The van der Waals surface area contributed by atoms with Crippen LogP contribution in [0.25, 0.3) is 0 Å². The van der Waals surface area contributed by atoms with Gasteiger partial charge in [0.15, 0.2) is 0 Å². The summed E-state index contributed by atoms with van der Waals surface area (Å²) >= 11 is 0. The maximum atomic E-state index is 3.41. The van der Waals surface area contributed by atoms with Crippen LogP contribution in [0.2, 0.25) is 0 Å². The number of rotatable bonds is 1. The summed E-state index contributed by atoms with van der Waals surface area (Å²) < 4.78 is 0. The minimum Gasteiger partial charge on any atom is -0.316 e. The summed E-state index contributed by atoms with van der Waals surface area (Å²) in [7, 11) is 2.08. The van der Waals surface area contributed by atoms with Crippen molar-refractivity contribution in [3.63, 3.8) is 0 Å². The van der Waals surface area contributed by atoms with Crippen molar-refractivity contribution in [3.8, 4) is 0 Å². The normalized spacial score (nSPS) is 34.1. The zero-order valence-electron chi connectivity index (χ0n) is 8.49. The lowest BCUT2D eigenvalue weighted by Crippen LogP contribution is -2.34. The van der Waals surface area contributed by atoms with Crippen LogP contribution in [0.3, 0.4) is 0 Å². The third kappa shape index (κ3) is 1.76. The highest BCUT2D eigenvalue weighted by Crippen LogP contribution is 2.48. The molecule has 0 aromatic rings. The monoisotopic (exact) mass is 155 g/mol. The highest BCUT2D eigenvalue weighted by molar-refractivity contribution is 4.97. The molecule has 1 aliphatic carbocycles. The Morgan fingerprint density at radius 3 is 1.91 bits per heavy atom. The third-order valence-electron chi connectivity index (χ3n) is 2.98. The van der Waals surface area contributed by atoms with Crippen molar-refractivity contribution in [3.05, 3.63) is 0 Å². The lowest BCUT2D eigenvalue weighted by atomic mass is 9.84. The molecular formula is C10H21N. The number of hydrogen-bond donors (Lipinski definition) is 1. The fraction of sp³-hybridized carbons (Fsp3) is 1.00. The molecule has 1 rings (SSSR count). The van der Waals surface area contributed by atoms with Gasteiger partial charge in [0.25, 0.3) is 0 Å². The minimum atomic E-state index is 0.484. The first-order valence-corrected chi connectivity index (χ1v) is 4.55. The second kappa shape index (κ2) is 2.48. The Kier molecular flexibility index (Phi) is 2.04. The van der Waals surface area contributed by atoms with Gasteiger partial charge < -0.3 is 5.32 Å². The van der Waals surface area contributed by atoms with Crippen molar-refractivity contribution in [1.82, 2.24) is 5.32 Å². The molecule has 0 spiro atoms. The zero-order chi connectivity index (χ0) is 8.70. The maximum Gasteiger partial charge on any atom is 0.0120 e. The molecule has 1 N–H and O–H groups in total. The molecule has 0 aromatic heterocycles. The average Bonchev–Trinajstić information content (AvgIpc) is 1.99. The number of nitrogens with one attached hydrogen (secondary N) is 1. The molecule has 1 saturated carbocycles. The summed E-state index contributed by atoms with van der Waals surface area (Å²) in [4.78, 5) is 0. The van der Waals surface area contributed by atoms with Gasteiger partial charge in [0, 0.05) is 6.04 Å². The molecule has 11 heavy (non-hydrogen) atoms. The first-order chi connectivity index (χ1) is 4.87. The number of hydrogen-bond acceptors (Lipinski definition) is 1. The Morgan fingerprint density at radius 2 is 1.73 bits per heavy atom. The molecular weight excluding hydrogens is 134 g/mol. The van der Waals surface area contributed by atoms with Gasteiger partial charge in [-0.25, -0.2) is 0 Å². The molecule has 1 aliphatic rings. The van der Waals surface area contributed by atoms with E-state index in [0.29, 0.717) is 16.9 Å². The van der Waals surface area contributed by atoms with Crippen LogP contribution in [-0.2, 0) is 0 Å². The smallest absolute Gasteiger partial charge is 0.0120 e. The largest absolute Gasteiger partial charge is 0.316 e. The van der Waals surface area contributed by atoms with Gasteiger partial charge in [-0.3, -0.25) is 0 Å². The molecule has 1 heteroatoms. The molecule has 1 nitrogen and oxygen atoms in total. The van der Waals surface area contributed by atoms with E-state index < -0.39 is 0 Å². The van der Waals surface area contributed by atoms with Gasteiger partial charge in [0.05, 0.1) is 0 Å². The van der Waals surface area contributed by atoms with Crippen molar-refractivity contribution >= 4 is 0 Å². The standard InChI is InChI=1S/C10H21N/c1-9(2)6-8(11-5)10(3,4)7-9/h8,11H,6-7H2,1-5H3. The molecule has 0 amide bonds. The molecule has 0 saturated heterocycles. The first kappa shape index (κ1) is 9.05. The summed E-state index contributed by atoms with van der Waals surface area (Å²) in [6.45, 7) is 9.46. The summed E-state index contributed by atoms with van der Waals surface area (Å²) in [5.41, 5.74) is 1.02. The SMILES string of the molecule is CNC1CC(C)(C)CC1(C)C. The Bertz CT molecular complexity index is 147. The van der Waals surface area contributed by atoms with Crippen molar-refractivity contribution in [2.75, 3.05) is 7.05 Å². The van der Waals surface area contributed by atoms with Crippen LogP contribution < -0.4 is 5.32 Å². The fourth-order valence-electron chi connectivity index (χ4n) is 2.75. The topological polar surface area (TPSA) is 12.0 Å². The van der Waals surface area contributed by atoms with Crippen LogP contribution in [0, 0.1) is 10.8 Å². The molecule has 1 atom stereocenters. The predicted molar refractivity (Wildman–Crippen MR) is 49.6 cm³/mol. The van der Waals surface area contributed by atoms with E-state index in [1.165, 1.54) is 12.8 Å². The van der Waals surface area contributed by atoms with E-state index in [4.69, 9.17) is 0 Å². The lowest BCUT2D eigenvalue weighted by Gasteiger charge is -2.26. The molecule has 0 aromatic carbocycles. The van der Waals surface area contributed by atoms with Gasteiger partial charge in [-0.1, -0.05) is 27.7 Å².